The Kier molecular flexibility index (Phi) is 14.8. The molecule has 2 unspecified atom stereocenters. The fraction of sp³-hybridized carbons (Fsp3) is 0.400. The Hall–Kier alpha value is -0.0800. The predicted molar refractivity (Wildman–Crippen MR) is 129 cm³/mol. The first-order valence-corrected chi connectivity index (χ1v) is 12.0. The van der Waals surface area contributed by atoms with Crippen molar-refractivity contribution in [1.29, 1.82) is 0 Å². The summed E-state index contributed by atoms with van der Waals surface area (Å²) < 4.78 is 5.65. The maximum atomic E-state index is 8.63. The van der Waals surface area contributed by atoms with E-state index >= 15 is 0 Å². The first-order chi connectivity index (χ1) is 12.6. The highest BCUT2D eigenvalue weighted by Crippen LogP contribution is 2.24. The molecule has 2 N–H and O–H groups in total. The lowest BCUT2D eigenvalue weighted by atomic mass is 10.2. The molecule has 7 heteroatoms. The third-order valence-electron chi connectivity index (χ3n) is 2.88. The van der Waals surface area contributed by atoms with Crippen LogP contribution in [-0.4, -0.2) is 42.7 Å². The molecule has 3 nitrogen and oxygen atoms in total. The second-order valence-corrected chi connectivity index (χ2v) is 11.2. The van der Waals surface area contributed by atoms with Gasteiger partial charge in [0.15, 0.2) is 0 Å². The molecule has 0 amide bonds. The summed E-state index contributed by atoms with van der Waals surface area (Å²) in [5, 5.41) is 19.0. The average Bonchev–Trinajstić information content (AvgIpc) is 2.64. The van der Waals surface area contributed by atoms with Gasteiger partial charge in [0.1, 0.15) is 11.5 Å². The van der Waals surface area contributed by atoms with Gasteiger partial charge in [-0.2, -0.15) is 0 Å². The summed E-state index contributed by atoms with van der Waals surface area (Å²) >= 11 is 14.0. The second-order valence-electron chi connectivity index (χ2n) is 6.26. The van der Waals surface area contributed by atoms with Crippen LogP contribution < -0.4 is 0 Å². The molecule has 2 atom stereocenters. The largest absolute Gasteiger partial charge is 0.508 e. The van der Waals surface area contributed by atoms with E-state index in [9.17, 15) is 0 Å². The summed E-state index contributed by atoms with van der Waals surface area (Å²) in [5.41, 5.74) is 0. The highest BCUT2D eigenvalue weighted by Gasteiger charge is 2.23. The summed E-state index contributed by atoms with van der Waals surface area (Å²) in [4.78, 5) is 0. The zero-order valence-electron chi connectivity index (χ0n) is 15.4. The van der Waals surface area contributed by atoms with Gasteiger partial charge >= 0.3 is 0 Å². The number of benzene rings is 2. The van der Waals surface area contributed by atoms with Crippen molar-refractivity contribution < 1.29 is 14.9 Å². The van der Waals surface area contributed by atoms with Crippen LogP contribution in [0.3, 0.4) is 0 Å². The Labute approximate surface area is 196 Å². The van der Waals surface area contributed by atoms with Gasteiger partial charge in [-0.3, -0.25) is 0 Å². The zero-order valence-corrected chi connectivity index (χ0v) is 21.8. The van der Waals surface area contributed by atoms with E-state index in [0.717, 1.165) is 10.7 Å². The predicted octanol–water partition coefficient (Wildman–Crippen LogP) is 6.88. The van der Waals surface area contributed by atoms with E-state index in [1.54, 1.807) is 48.5 Å². The molecule has 0 fully saturated rings. The van der Waals surface area contributed by atoms with Crippen LogP contribution in [0.2, 0.25) is 0 Å². The van der Waals surface area contributed by atoms with Crippen LogP contribution >= 0.6 is 63.7 Å². The zero-order chi connectivity index (χ0) is 20.8. The van der Waals surface area contributed by atoms with Crippen LogP contribution in [0, 0.1) is 0 Å². The third-order valence-corrected chi connectivity index (χ3v) is 7.87. The molecule has 0 aliphatic carbocycles. The fourth-order valence-electron chi connectivity index (χ4n) is 1.41. The number of halogens is 4. The summed E-state index contributed by atoms with van der Waals surface area (Å²) in [6, 6.07) is 17.4. The Bertz CT molecular complexity index is 539. The van der Waals surface area contributed by atoms with Gasteiger partial charge in [0, 0.05) is 10.7 Å². The van der Waals surface area contributed by atoms with Gasteiger partial charge in [0.25, 0.3) is 0 Å². The minimum atomic E-state index is 0.0302. The maximum absolute atomic E-state index is 8.63. The molecule has 2 aromatic rings. The third kappa shape index (κ3) is 16.6. The number of ether oxygens (including phenoxy) is 1. The number of hydrogen-bond donors (Lipinski definition) is 2. The molecule has 152 valence electrons. The van der Waals surface area contributed by atoms with Crippen LogP contribution in [0.1, 0.15) is 13.8 Å². The number of phenols is 2. The lowest BCUT2D eigenvalue weighted by Crippen LogP contribution is -2.31. The van der Waals surface area contributed by atoms with Crippen molar-refractivity contribution in [2.24, 2.45) is 0 Å². The number of alkyl halides is 4. The molecule has 0 aromatic heterocycles. The van der Waals surface area contributed by atoms with Crippen molar-refractivity contribution in [2.75, 3.05) is 23.9 Å². The number of para-hydroxylation sites is 2. The molecule has 0 radical (unpaired) electrons. The molecule has 2 rings (SSSR count). The number of rotatable bonds is 6. The summed E-state index contributed by atoms with van der Waals surface area (Å²) in [6.07, 6.45) is 0. The second kappa shape index (κ2) is 14.9. The molecule has 0 spiro atoms. The van der Waals surface area contributed by atoms with Gasteiger partial charge in [-0.15, -0.1) is 0 Å². The van der Waals surface area contributed by atoms with E-state index in [1.807, 2.05) is 12.1 Å². The van der Waals surface area contributed by atoms with E-state index < -0.39 is 0 Å². The molecular weight excluding hydrogens is 608 g/mol. The van der Waals surface area contributed by atoms with Crippen molar-refractivity contribution in [2.45, 2.75) is 22.5 Å². The summed E-state index contributed by atoms with van der Waals surface area (Å²) in [6.45, 7) is 5.60. The van der Waals surface area contributed by atoms with Crippen molar-refractivity contribution in [3.8, 4) is 11.5 Å². The van der Waals surface area contributed by atoms with E-state index in [1.165, 1.54) is 0 Å². The molecule has 27 heavy (non-hydrogen) atoms. The normalized spacial score (nSPS) is 14.4. The SMILES string of the molecule is CC(Br)(CBr)COCC(C)(Br)CBr.Oc1ccccc1.Oc1ccccc1. The van der Waals surface area contributed by atoms with Crippen LogP contribution in [0.5, 0.6) is 11.5 Å². The van der Waals surface area contributed by atoms with E-state index in [2.05, 4.69) is 77.6 Å². The van der Waals surface area contributed by atoms with Crippen LogP contribution in [0.4, 0.5) is 0 Å². The van der Waals surface area contributed by atoms with Crippen LogP contribution in [-0.2, 0) is 4.74 Å². The minimum Gasteiger partial charge on any atom is -0.508 e. The number of aromatic hydroxyl groups is 2. The van der Waals surface area contributed by atoms with Gasteiger partial charge in [-0.25, -0.2) is 0 Å². The van der Waals surface area contributed by atoms with Gasteiger partial charge < -0.3 is 14.9 Å². The van der Waals surface area contributed by atoms with Crippen molar-refractivity contribution in [3.05, 3.63) is 60.7 Å². The topological polar surface area (TPSA) is 49.7 Å². The Morgan fingerprint density at radius 1 is 0.704 bits per heavy atom. The van der Waals surface area contributed by atoms with E-state index in [-0.39, 0.29) is 8.65 Å². The molecule has 2 aromatic carbocycles. The highest BCUT2D eigenvalue weighted by atomic mass is 79.9. The van der Waals surface area contributed by atoms with Crippen molar-refractivity contribution in [1.82, 2.24) is 0 Å². The summed E-state index contributed by atoms with van der Waals surface area (Å²) in [5.74, 6) is 0.644. The van der Waals surface area contributed by atoms with E-state index in [0.29, 0.717) is 24.7 Å². The number of phenolic OH excluding ortho intramolecular Hbond substituents is 2. The molecule has 0 aliphatic rings. The van der Waals surface area contributed by atoms with Crippen LogP contribution in [0.15, 0.2) is 60.7 Å². The first kappa shape index (κ1) is 26.9. The Balaban J connectivity index is 0.000000405. The van der Waals surface area contributed by atoms with Gasteiger partial charge in [0.05, 0.1) is 21.9 Å². The monoisotopic (exact) mass is 630 g/mol. The lowest BCUT2D eigenvalue weighted by molar-refractivity contribution is 0.111. The van der Waals surface area contributed by atoms with E-state index in [4.69, 9.17) is 14.9 Å². The molecular formula is C20H26Br4O3. The Morgan fingerprint density at radius 2 is 1.00 bits per heavy atom. The average molecular weight is 634 g/mol. The summed E-state index contributed by atoms with van der Waals surface area (Å²) in [7, 11) is 0. The van der Waals surface area contributed by atoms with Gasteiger partial charge in [-0.05, 0) is 38.1 Å². The molecule has 0 bridgehead atoms. The minimum absolute atomic E-state index is 0.0302. The molecule has 0 saturated heterocycles. The fourth-order valence-corrected chi connectivity index (χ4v) is 2.06. The smallest absolute Gasteiger partial charge is 0.115 e. The van der Waals surface area contributed by atoms with Crippen LogP contribution in [0.25, 0.3) is 0 Å². The quantitative estimate of drug-likeness (QED) is 0.341. The Morgan fingerprint density at radius 3 is 1.19 bits per heavy atom. The standard InChI is InChI=1S/C8H14Br4O.2C6H6O/c1-7(11,3-9)5-13-6-8(2,12)4-10;2*7-6-4-2-1-3-5-6/h3-6H2,1-2H3;2*1-5,7H. The van der Waals surface area contributed by atoms with Gasteiger partial charge in [0.2, 0.25) is 0 Å². The molecule has 0 aliphatic heterocycles. The number of hydrogen-bond acceptors (Lipinski definition) is 3. The first-order valence-electron chi connectivity index (χ1n) is 8.17. The lowest BCUT2D eigenvalue weighted by Gasteiger charge is -2.24. The van der Waals surface area contributed by atoms with Crippen molar-refractivity contribution >= 4 is 63.7 Å². The highest BCUT2D eigenvalue weighted by molar-refractivity contribution is 9.12. The van der Waals surface area contributed by atoms with Gasteiger partial charge in [-0.1, -0.05) is 100 Å². The van der Waals surface area contributed by atoms with Crippen molar-refractivity contribution in [3.63, 3.8) is 0 Å². The molecule has 0 saturated carbocycles. The molecule has 0 heterocycles. The maximum Gasteiger partial charge on any atom is 0.115 e.